The van der Waals surface area contributed by atoms with Crippen molar-refractivity contribution in [2.75, 3.05) is 5.32 Å². The number of pyridine rings is 1. The standard InChI is InChI=1S/C18H13Br2N3OS/c1-10-7-15(13-8-12(19)9-14(20)16(13)21-10)22-18(25)23-17(24)11-5-3-2-4-6-11/h2-9H,1H3,(H2,21,22,23,24,25). The molecule has 0 fully saturated rings. The maximum Gasteiger partial charge on any atom is 0.257 e. The SMILES string of the molecule is Cc1cc(NC(=S)NC(=O)c2ccccc2)c2cc(Br)cc(Br)c2n1. The molecule has 0 aliphatic carbocycles. The van der Waals surface area contributed by atoms with E-state index in [1.165, 1.54) is 0 Å². The lowest BCUT2D eigenvalue weighted by molar-refractivity contribution is 0.0977. The zero-order valence-electron chi connectivity index (χ0n) is 13.1. The van der Waals surface area contributed by atoms with Gasteiger partial charge in [0.25, 0.3) is 5.91 Å². The van der Waals surface area contributed by atoms with Crippen molar-refractivity contribution in [3.8, 4) is 0 Å². The number of thiocarbonyl (C=S) groups is 1. The molecule has 0 saturated carbocycles. The molecule has 0 bridgehead atoms. The zero-order chi connectivity index (χ0) is 18.0. The van der Waals surface area contributed by atoms with Crippen LogP contribution in [-0.4, -0.2) is 16.0 Å². The van der Waals surface area contributed by atoms with E-state index in [2.05, 4.69) is 47.5 Å². The predicted octanol–water partition coefficient (Wildman–Crippen LogP) is 5.20. The summed E-state index contributed by atoms with van der Waals surface area (Å²) >= 11 is 12.3. The van der Waals surface area contributed by atoms with E-state index in [9.17, 15) is 4.79 Å². The van der Waals surface area contributed by atoms with Crippen LogP contribution in [0.15, 0.2) is 57.5 Å². The van der Waals surface area contributed by atoms with Crippen molar-refractivity contribution in [3.63, 3.8) is 0 Å². The Morgan fingerprint density at radius 1 is 1.12 bits per heavy atom. The Morgan fingerprint density at radius 3 is 2.56 bits per heavy atom. The van der Waals surface area contributed by atoms with Gasteiger partial charge >= 0.3 is 0 Å². The molecule has 0 aliphatic heterocycles. The van der Waals surface area contributed by atoms with E-state index in [1.54, 1.807) is 24.3 Å². The van der Waals surface area contributed by atoms with Gasteiger partial charge in [-0.3, -0.25) is 15.1 Å². The molecule has 3 rings (SSSR count). The number of hydrogen-bond acceptors (Lipinski definition) is 3. The molecule has 7 heteroatoms. The lowest BCUT2D eigenvalue weighted by atomic mass is 10.1. The van der Waals surface area contributed by atoms with Gasteiger partial charge in [0.1, 0.15) is 0 Å². The molecule has 0 aliphatic rings. The van der Waals surface area contributed by atoms with Gasteiger partial charge in [0.05, 0.1) is 11.2 Å². The molecule has 0 unspecified atom stereocenters. The third-order valence-electron chi connectivity index (χ3n) is 3.47. The van der Waals surface area contributed by atoms with Gasteiger partial charge < -0.3 is 5.32 Å². The second-order valence-corrected chi connectivity index (χ2v) is 7.55. The number of aryl methyl sites for hydroxylation is 1. The van der Waals surface area contributed by atoms with Crippen molar-refractivity contribution in [3.05, 3.63) is 68.7 Å². The maximum atomic E-state index is 12.2. The van der Waals surface area contributed by atoms with Gasteiger partial charge in [0.15, 0.2) is 5.11 Å². The summed E-state index contributed by atoms with van der Waals surface area (Å²) in [6.07, 6.45) is 0. The number of benzene rings is 2. The molecule has 0 radical (unpaired) electrons. The van der Waals surface area contributed by atoms with Gasteiger partial charge in [-0.25, -0.2) is 0 Å². The fourth-order valence-corrected chi connectivity index (χ4v) is 3.92. The van der Waals surface area contributed by atoms with E-state index >= 15 is 0 Å². The van der Waals surface area contributed by atoms with Gasteiger partial charge in [-0.1, -0.05) is 34.1 Å². The number of amides is 1. The average molecular weight is 479 g/mol. The monoisotopic (exact) mass is 477 g/mol. The normalized spacial score (nSPS) is 10.5. The number of aromatic nitrogens is 1. The van der Waals surface area contributed by atoms with Crippen molar-refractivity contribution < 1.29 is 4.79 Å². The number of nitrogens with zero attached hydrogens (tertiary/aromatic N) is 1. The van der Waals surface area contributed by atoms with Crippen molar-refractivity contribution in [1.29, 1.82) is 0 Å². The highest BCUT2D eigenvalue weighted by Crippen LogP contribution is 2.32. The first kappa shape index (κ1) is 18.0. The van der Waals surface area contributed by atoms with Crippen molar-refractivity contribution in [1.82, 2.24) is 10.3 Å². The summed E-state index contributed by atoms with van der Waals surface area (Å²) in [5.41, 5.74) is 2.99. The molecule has 1 aromatic heterocycles. The summed E-state index contributed by atoms with van der Waals surface area (Å²) in [5.74, 6) is -0.254. The lowest BCUT2D eigenvalue weighted by Gasteiger charge is -2.13. The van der Waals surface area contributed by atoms with Crippen molar-refractivity contribution in [2.24, 2.45) is 0 Å². The topological polar surface area (TPSA) is 54.0 Å². The molecule has 1 amide bonds. The summed E-state index contributed by atoms with van der Waals surface area (Å²) in [7, 11) is 0. The molecule has 126 valence electrons. The molecule has 4 nitrogen and oxygen atoms in total. The Hall–Kier alpha value is -1.83. The third-order valence-corrected chi connectivity index (χ3v) is 4.74. The number of fused-ring (bicyclic) bond motifs is 1. The number of carbonyl (C=O) groups is 1. The van der Waals surface area contributed by atoms with Crippen LogP contribution in [0.4, 0.5) is 5.69 Å². The molecular formula is C18H13Br2N3OS. The van der Waals surface area contributed by atoms with Crippen LogP contribution < -0.4 is 10.6 Å². The fourth-order valence-electron chi connectivity index (χ4n) is 2.40. The molecule has 0 saturated heterocycles. The van der Waals surface area contributed by atoms with Crippen LogP contribution >= 0.6 is 44.1 Å². The minimum absolute atomic E-state index is 0.233. The smallest absolute Gasteiger partial charge is 0.257 e. The molecule has 0 spiro atoms. The molecule has 0 atom stereocenters. The van der Waals surface area contributed by atoms with Gasteiger partial charge in [0.2, 0.25) is 0 Å². The van der Waals surface area contributed by atoms with E-state index in [0.29, 0.717) is 5.56 Å². The van der Waals surface area contributed by atoms with Crippen molar-refractivity contribution >= 4 is 71.7 Å². The van der Waals surface area contributed by atoms with E-state index in [4.69, 9.17) is 12.2 Å². The number of halogens is 2. The summed E-state index contributed by atoms with van der Waals surface area (Å²) < 4.78 is 1.79. The Kier molecular flexibility index (Phi) is 5.46. The summed E-state index contributed by atoms with van der Waals surface area (Å²) in [6, 6.07) is 14.7. The number of carbonyl (C=O) groups excluding carboxylic acids is 1. The lowest BCUT2D eigenvalue weighted by Crippen LogP contribution is -2.34. The van der Waals surface area contributed by atoms with E-state index in [-0.39, 0.29) is 11.0 Å². The largest absolute Gasteiger partial charge is 0.332 e. The molecule has 3 aromatic rings. The summed E-state index contributed by atoms with van der Waals surface area (Å²) in [5, 5.41) is 6.92. The quantitative estimate of drug-likeness (QED) is 0.497. The number of anilines is 1. The fraction of sp³-hybridized carbons (Fsp3) is 0.0556. The molecule has 1 heterocycles. The number of rotatable bonds is 2. The summed E-state index contributed by atoms with van der Waals surface area (Å²) in [4.78, 5) is 16.8. The third kappa shape index (κ3) is 4.23. The first-order valence-corrected chi connectivity index (χ1v) is 9.37. The van der Waals surface area contributed by atoms with Gasteiger partial charge in [-0.05, 0) is 65.4 Å². The summed E-state index contributed by atoms with van der Waals surface area (Å²) in [6.45, 7) is 1.91. The van der Waals surface area contributed by atoms with Crippen LogP contribution in [0.1, 0.15) is 16.1 Å². The molecule has 25 heavy (non-hydrogen) atoms. The molecule has 2 aromatic carbocycles. The Labute approximate surface area is 167 Å². The van der Waals surface area contributed by atoms with Gasteiger partial charge in [0, 0.05) is 25.6 Å². The van der Waals surface area contributed by atoms with Crippen molar-refractivity contribution in [2.45, 2.75) is 6.92 Å². The zero-order valence-corrected chi connectivity index (χ0v) is 17.1. The van der Waals surface area contributed by atoms with Crippen LogP contribution in [0, 0.1) is 6.92 Å². The number of nitrogens with one attached hydrogen (secondary N) is 2. The molecular weight excluding hydrogens is 466 g/mol. The maximum absolute atomic E-state index is 12.2. The van der Waals surface area contributed by atoms with Crippen LogP contribution in [0.3, 0.4) is 0 Å². The van der Waals surface area contributed by atoms with Crippen LogP contribution in [0.25, 0.3) is 10.9 Å². The Bertz CT molecular complexity index is 977. The van der Waals surface area contributed by atoms with E-state index in [1.807, 2.05) is 31.2 Å². The highest BCUT2D eigenvalue weighted by atomic mass is 79.9. The minimum Gasteiger partial charge on any atom is -0.332 e. The van der Waals surface area contributed by atoms with Crippen LogP contribution in [0.5, 0.6) is 0 Å². The first-order chi connectivity index (χ1) is 11.9. The van der Waals surface area contributed by atoms with Crippen LogP contribution in [-0.2, 0) is 0 Å². The Morgan fingerprint density at radius 2 is 1.84 bits per heavy atom. The second kappa shape index (κ2) is 7.59. The minimum atomic E-state index is -0.254. The second-order valence-electron chi connectivity index (χ2n) is 5.37. The average Bonchev–Trinajstić information content (AvgIpc) is 2.56. The van der Waals surface area contributed by atoms with E-state index in [0.717, 1.165) is 31.2 Å². The first-order valence-electron chi connectivity index (χ1n) is 7.38. The Balaban J connectivity index is 1.87. The van der Waals surface area contributed by atoms with Gasteiger partial charge in [-0.2, -0.15) is 0 Å². The number of hydrogen-bond donors (Lipinski definition) is 2. The molecule has 2 N–H and O–H groups in total. The highest BCUT2D eigenvalue weighted by molar-refractivity contribution is 9.11. The van der Waals surface area contributed by atoms with Gasteiger partial charge in [-0.15, -0.1) is 0 Å². The van der Waals surface area contributed by atoms with Crippen LogP contribution in [0.2, 0.25) is 0 Å². The highest BCUT2D eigenvalue weighted by Gasteiger charge is 2.12. The van der Waals surface area contributed by atoms with E-state index < -0.39 is 0 Å². The predicted molar refractivity (Wildman–Crippen MR) is 112 cm³/mol.